The number of rotatable bonds is 1. The lowest BCUT2D eigenvalue weighted by Crippen LogP contribution is -1.99. The lowest BCUT2D eigenvalue weighted by atomic mass is 10.2. The predicted molar refractivity (Wildman–Crippen MR) is 48.3 cm³/mol. The summed E-state index contributed by atoms with van der Waals surface area (Å²) in [5.74, 6) is 0. The summed E-state index contributed by atoms with van der Waals surface area (Å²) < 4.78 is 0. The number of nitrogens with one attached hydrogen (secondary N) is 2. The van der Waals surface area contributed by atoms with Gasteiger partial charge in [-0.2, -0.15) is 0 Å². The summed E-state index contributed by atoms with van der Waals surface area (Å²) in [5, 5.41) is 11.2. The van der Waals surface area contributed by atoms with Crippen molar-refractivity contribution in [3.63, 3.8) is 0 Å². The molecule has 0 saturated heterocycles. The quantitative estimate of drug-likeness (QED) is 0.340. The molecular weight excluding hydrogens is 170 g/mol. The molecule has 1 aromatic heterocycles. The molecule has 3 N–H and O–H groups in total. The Bertz CT molecular complexity index is 509. The molecule has 0 unspecified atom stereocenters. The molecule has 0 aliphatic rings. The van der Waals surface area contributed by atoms with Crippen molar-refractivity contribution in [3.8, 4) is 0 Å². The predicted octanol–water partition coefficient (Wildman–Crippen LogP) is 0.664. The maximum absolute atomic E-state index is 10.9. The van der Waals surface area contributed by atoms with Gasteiger partial charge in [-0.15, -0.1) is 0 Å². The van der Waals surface area contributed by atoms with Gasteiger partial charge in [0.1, 0.15) is 0 Å². The lowest BCUT2D eigenvalue weighted by molar-refractivity contribution is 0.322. The SMILES string of the molecule is O=c1[nH]c2ccc(C=NO)cc2[nH]1. The average molecular weight is 177 g/mol. The summed E-state index contributed by atoms with van der Waals surface area (Å²) in [7, 11) is 0. The molecule has 5 nitrogen and oxygen atoms in total. The van der Waals surface area contributed by atoms with Crippen molar-refractivity contribution >= 4 is 17.2 Å². The molecule has 66 valence electrons. The number of hydrogen-bond donors (Lipinski definition) is 3. The molecule has 2 rings (SSSR count). The third-order valence-corrected chi connectivity index (χ3v) is 1.75. The largest absolute Gasteiger partial charge is 0.411 e. The highest BCUT2D eigenvalue weighted by Gasteiger charge is 1.97. The standard InChI is InChI=1S/C8H7N3O2/c12-8-10-6-2-1-5(4-9-13)3-7(6)11-8/h1-4,13H,(H2,10,11,12). The molecule has 0 fully saturated rings. The Kier molecular flexibility index (Phi) is 1.63. The molecule has 0 spiro atoms. The normalized spacial score (nSPS) is 11.4. The highest BCUT2D eigenvalue weighted by Crippen LogP contribution is 2.08. The van der Waals surface area contributed by atoms with E-state index in [2.05, 4.69) is 15.1 Å². The van der Waals surface area contributed by atoms with Crippen LogP contribution < -0.4 is 5.69 Å². The van der Waals surface area contributed by atoms with Crippen LogP contribution in [0.4, 0.5) is 0 Å². The second kappa shape index (κ2) is 2.78. The summed E-state index contributed by atoms with van der Waals surface area (Å²) >= 11 is 0. The van der Waals surface area contributed by atoms with E-state index in [0.717, 1.165) is 11.1 Å². The number of fused-ring (bicyclic) bond motifs is 1. The molecule has 5 heteroatoms. The highest BCUT2D eigenvalue weighted by atomic mass is 16.4. The minimum absolute atomic E-state index is 0.243. The zero-order chi connectivity index (χ0) is 9.26. The van der Waals surface area contributed by atoms with Crippen molar-refractivity contribution in [1.82, 2.24) is 9.97 Å². The maximum atomic E-state index is 10.9. The monoisotopic (exact) mass is 177 g/mol. The van der Waals surface area contributed by atoms with Gasteiger partial charge in [0, 0.05) is 0 Å². The molecule has 0 bridgehead atoms. The van der Waals surface area contributed by atoms with Gasteiger partial charge < -0.3 is 15.2 Å². The van der Waals surface area contributed by atoms with E-state index in [0.29, 0.717) is 5.52 Å². The van der Waals surface area contributed by atoms with Crippen LogP contribution >= 0.6 is 0 Å². The minimum atomic E-state index is -0.243. The first-order valence-corrected chi connectivity index (χ1v) is 3.69. The number of hydrogen-bond acceptors (Lipinski definition) is 3. The van der Waals surface area contributed by atoms with E-state index in [1.165, 1.54) is 6.21 Å². The highest BCUT2D eigenvalue weighted by molar-refractivity contribution is 5.86. The molecule has 0 amide bonds. The van der Waals surface area contributed by atoms with Gasteiger partial charge in [-0.25, -0.2) is 4.79 Å². The van der Waals surface area contributed by atoms with Crippen LogP contribution in [-0.4, -0.2) is 21.4 Å². The van der Waals surface area contributed by atoms with Crippen LogP contribution in [0.3, 0.4) is 0 Å². The minimum Gasteiger partial charge on any atom is -0.411 e. The molecular formula is C8H7N3O2. The van der Waals surface area contributed by atoms with Gasteiger partial charge in [-0.05, 0) is 17.7 Å². The molecule has 0 aliphatic carbocycles. The Balaban J connectivity index is 2.67. The van der Waals surface area contributed by atoms with Gasteiger partial charge >= 0.3 is 5.69 Å². The second-order valence-corrected chi connectivity index (χ2v) is 2.63. The summed E-state index contributed by atoms with van der Waals surface area (Å²) in [6.07, 6.45) is 1.30. The summed E-state index contributed by atoms with van der Waals surface area (Å²) in [6, 6.07) is 5.20. The first-order valence-electron chi connectivity index (χ1n) is 3.69. The van der Waals surface area contributed by atoms with Crippen LogP contribution in [0, 0.1) is 0 Å². The number of aromatic amines is 2. The lowest BCUT2D eigenvalue weighted by Gasteiger charge is -1.90. The van der Waals surface area contributed by atoms with Crippen LogP contribution in [0.25, 0.3) is 11.0 Å². The van der Waals surface area contributed by atoms with Gasteiger partial charge in [-0.3, -0.25) is 0 Å². The third-order valence-electron chi connectivity index (χ3n) is 1.75. The van der Waals surface area contributed by atoms with E-state index in [4.69, 9.17) is 5.21 Å². The van der Waals surface area contributed by atoms with E-state index < -0.39 is 0 Å². The number of imidazole rings is 1. The Morgan fingerprint density at radius 3 is 2.85 bits per heavy atom. The molecule has 0 radical (unpaired) electrons. The zero-order valence-electron chi connectivity index (χ0n) is 6.61. The van der Waals surface area contributed by atoms with Crippen LogP contribution in [0.5, 0.6) is 0 Å². The van der Waals surface area contributed by atoms with Gasteiger partial charge in [-0.1, -0.05) is 11.2 Å². The van der Waals surface area contributed by atoms with Gasteiger partial charge in [0.2, 0.25) is 0 Å². The van der Waals surface area contributed by atoms with Crippen molar-refractivity contribution in [1.29, 1.82) is 0 Å². The Labute approximate surface area is 72.7 Å². The van der Waals surface area contributed by atoms with Gasteiger partial charge in [0.15, 0.2) is 0 Å². The van der Waals surface area contributed by atoms with Crippen LogP contribution in [-0.2, 0) is 0 Å². The van der Waals surface area contributed by atoms with Gasteiger partial charge in [0.25, 0.3) is 0 Å². The van der Waals surface area contributed by atoms with Crippen LogP contribution in [0.15, 0.2) is 28.1 Å². The van der Waals surface area contributed by atoms with Crippen molar-refractivity contribution < 1.29 is 5.21 Å². The fourth-order valence-electron chi connectivity index (χ4n) is 1.20. The fourth-order valence-corrected chi connectivity index (χ4v) is 1.20. The first kappa shape index (κ1) is 7.60. The maximum Gasteiger partial charge on any atom is 0.323 e. The van der Waals surface area contributed by atoms with E-state index in [1.54, 1.807) is 18.2 Å². The first-order chi connectivity index (χ1) is 6.29. The van der Waals surface area contributed by atoms with Crippen molar-refractivity contribution in [2.24, 2.45) is 5.16 Å². The molecule has 0 atom stereocenters. The molecule has 1 aromatic carbocycles. The molecule has 1 heterocycles. The number of aromatic nitrogens is 2. The Morgan fingerprint density at radius 2 is 2.08 bits per heavy atom. The second-order valence-electron chi connectivity index (χ2n) is 2.63. The Hall–Kier alpha value is -2.04. The molecule has 0 aliphatic heterocycles. The van der Waals surface area contributed by atoms with Crippen molar-refractivity contribution in [2.45, 2.75) is 0 Å². The molecule has 13 heavy (non-hydrogen) atoms. The zero-order valence-corrected chi connectivity index (χ0v) is 6.61. The van der Waals surface area contributed by atoms with Crippen molar-refractivity contribution in [3.05, 3.63) is 34.2 Å². The third kappa shape index (κ3) is 1.31. The number of H-pyrrole nitrogens is 2. The van der Waals surface area contributed by atoms with Gasteiger partial charge in [0.05, 0.1) is 17.2 Å². The topological polar surface area (TPSA) is 81.2 Å². The van der Waals surface area contributed by atoms with E-state index in [9.17, 15) is 4.79 Å². The molecule has 0 saturated carbocycles. The van der Waals surface area contributed by atoms with E-state index in [-0.39, 0.29) is 5.69 Å². The average Bonchev–Trinajstić information content (AvgIpc) is 2.44. The summed E-state index contributed by atoms with van der Waals surface area (Å²) in [5.41, 5.74) is 1.92. The number of benzene rings is 1. The smallest absolute Gasteiger partial charge is 0.323 e. The number of nitrogens with zero attached hydrogens (tertiary/aromatic N) is 1. The van der Waals surface area contributed by atoms with Crippen LogP contribution in [0.2, 0.25) is 0 Å². The van der Waals surface area contributed by atoms with Crippen LogP contribution in [0.1, 0.15) is 5.56 Å². The Morgan fingerprint density at radius 1 is 1.31 bits per heavy atom. The number of oxime groups is 1. The molecule has 2 aromatic rings. The fraction of sp³-hybridized carbons (Fsp3) is 0. The summed E-state index contributed by atoms with van der Waals surface area (Å²) in [4.78, 5) is 16.1. The van der Waals surface area contributed by atoms with Crippen molar-refractivity contribution in [2.75, 3.05) is 0 Å². The summed E-state index contributed by atoms with van der Waals surface area (Å²) in [6.45, 7) is 0. The van der Waals surface area contributed by atoms with E-state index in [1.807, 2.05) is 0 Å². The van der Waals surface area contributed by atoms with E-state index >= 15 is 0 Å².